The third-order valence-corrected chi connectivity index (χ3v) is 8.08. The van der Waals surface area contributed by atoms with Crippen LogP contribution in [-0.4, -0.2) is 4.57 Å². The van der Waals surface area contributed by atoms with Gasteiger partial charge in [0, 0.05) is 44.8 Å². The van der Waals surface area contributed by atoms with Crippen LogP contribution in [0.3, 0.4) is 0 Å². The fourth-order valence-electron chi connectivity index (χ4n) is 6.50. The van der Waals surface area contributed by atoms with Gasteiger partial charge in [-0.2, -0.15) is 0 Å². The monoisotopic (exact) mass is 491 g/mol. The molecule has 0 unspecified atom stereocenters. The summed E-state index contributed by atoms with van der Waals surface area (Å²) in [4.78, 5) is 0. The van der Waals surface area contributed by atoms with Crippen LogP contribution in [0.15, 0.2) is 121 Å². The average molecular weight is 492 g/mol. The molecule has 0 atom stereocenters. The van der Waals surface area contributed by atoms with Gasteiger partial charge < -0.3 is 14.0 Å². The number of hydrogen-bond acceptors (Lipinski definition) is 2. The number of nitrogens with zero attached hydrogens (tertiary/aromatic N) is 1. The maximum Gasteiger partial charge on any atom is 0.133 e. The van der Waals surface area contributed by atoms with E-state index in [1.807, 2.05) is 12.1 Å². The van der Waals surface area contributed by atoms with E-state index in [2.05, 4.69) is 121 Å². The topological polar surface area (TPSA) is 23.4 Å². The first-order valence-corrected chi connectivity index (χ1v) is 13.1. The maximum absolute atomic E-state index is 6.37. The number of para-hydroxylation sites is 5. The van der Waals surface area contributed by atoms with Gasteiger partial charge in [-0.1, -0.05) is 91.0 Å². The number of benzene rings is 5. The molecule has 0 fully saturated rings. The van der Waals surface area contributed by atoms with Crippen molar-refractivity contribution in [3.05, 3.63) is 155 Å². The van der Waals surface area contributed by atoms with Crippen LogP contribution in [0.5, 0.6) is 23.0 Å². The van der Waals surface area contributed by atoms with Gasteiger partial charge in [0.2, 0.25) is 0 Å². The van der Waals surface area contributed by atoms with Crippen molar-refractivity contribution < 1.29 is 9.47 Å². The van der Waals surface area contributed by atoms with Gasteiger partial charge >= 0.3 is 0 Å². The lowest BCUT2D eigenvalue weighted by Crippen LogP contribution is -2.19. The van der Waals surface area contributed by atoms with E-state index in [1.54, 1.807) is 0 Å². The molecule has 0 radical (unpaired) electrons. The Hall–Kier alpha value is -4.76. The normalized spacial score (nSPS) is 14.1. The highest BCUT2D eigenvalue weighted by Gasteiger charge is 2.36. The minimum absolute atomic E-state index is 0.000119. The van der Waals surface area contributed by atoms with Crippen LogP contribution in [0, 0.1) is 6.92 Å². The second-order valence-electron chi connectivity index (χ2n) is 10.1. The van der Waals surface area contributed by atoms with E-state index in [4.69, 9.17) is 9.47 Å². The van der Waals surface area contributed by atoms with E-state index in [0.717, 1.165) is 23.0 Å². The van der Waals surface area contributed by atoms with E-state index < -0.39 is 0 Å². The van der Waals surface area contributed by atoms with Crippen molar-refractivity contribution in [2.75, 3.05) is 0 Å². The second-order valence-corrected chi connectivity index (χ2v) is 10.1. The molecule has 8 rings (SSSR count). The molecule has 1 aromatic heterocycles. The van der Waals surface area contributed by atoms with Gasteiger partial charge in [-0.05, 0) is 42.8 Å². The van der Waals surface area contributed by atoms with Crippen molar-refractivity contribution in [2.45, 2.75) is 18.9 Å². The average Bonchev–Trinajstić information content (AvgIpc) is 3.25. The van der Waals surface area contributed by atoms with Crippen LogP contribution < -0.4 is 9.47 Å². The molecule has 3 heterocycles. The Labute approximate surface area is 221 Å². The lowest BCUT2D eigenvalue weighted by Gasteiger charge is -2.32. The van der Waals surface area contributed by atoms with E-state index >= 15 is 0 Å². The Balaban J connectivity index is 1.46. The fourth-order valence-corrected chi connectivity index (χ4v) is 6.50. The van der Waals surface area contributed by atoms with Crippen LogP contribution in [-0.2, 0) is 0 Å². The SMILES string of the molecule is Cc1c(C2c3ccccc3Oc3ccccc32)c2ccccc2n1C1c2ccccc2Oc2ccccc21. The molecule has 6 aromatic rings. The van der Waals surface area contributed by atoms with Crippen molar-refractivity contribution in [1.82, 2.24) is 4.57 Å². The van der Waals surface area contributed by atoms with Crippen LogP contribution in [0.2, 0.25) is 0 Å². The molecule has 5 aromatic carbocycles. The Kier molecular flexibility index (Phi) is 4.56. The Morgan fingerprint density at radius 2 is 0.921 bits per heavy atom. The summed E-state index contributed by atoms with van der Waals surface area (Å²) >= 11 is 0. The lowest BCUT2D eigenvalue weighted by molar-refractivity contribution is 0.435. The molecule has 3 nitrogen and oxygen atoms in total. The van der Waals surface area contributed by atoms with Gasteiger partial charge in [-0.3, -0.25) is 0 Å². The van der Waals surface area contributed by atoms with Crippen LogP contribution in [0.4, 0.5) is 0 Å². The number of hydrogen-bond donors (Lipinski definition) is 0. The molecule has 2 aliphatic heterocycles. The third kappa shape index (κ3) is 2.96. The first-order valence-electron chi connectivity index (χ1n) is 13.1. The zero-order valence-electron chi connectivity index (χ0n) is 21.0. The molecule has 2 aliphatic rings. The van der Waals surface area contributed by atoms with Crippen molar-refractivity contribution in [1.29, 1.82) is 0 Å². The number of aromatic nitrogens is 1. The van der Waals surface area contributed by atoms with Gasteiger partial charge in [0.15, 0.2) is 0 Å². The van der Waals surface area contributed by atoms with Gasteiger partial charge in [-0.25, -0.2) is 0 Å². The predicted molar refractivity (Wildman–Crippen MR) is 151 cm³/mol. The fraction of sp³-hybridized carbons (Fsp3) is 0.0857. The summed E-state index contributed by atoms with van der Waals surface area (Å²) in [6, 6.07) is 42.6. The summed E-state index contributed by atoms with van der Waals surface area (Å²) in [7, 11) is 0. The maximum atomic E-state index is 6.37. The number of fused-ring (bicyclic) bond motifs is 5. The molecule has 0 aliphatic carbocycles. The quantitative estimate of drug-likeness (QED) is 0.241. The molecule has 182 valence electrons. The van der Waals surface area contributed by atoms with Gasteiger partial charge in [0.1, 0.15) is 23.0 Å². The van der Waals surface area contributed by atoms with Crippen LogP contribution >= 0.6 is 0 Å². The molecular formula is C35H25NO2. The van der Waals surface area contributed by atoms with Gasteiger partial charge in [0.25, 0.3) is 0 Å². The first kappa shape index (κ1) is 21.3. The molecule has 0 spiro atoms. The summed E-state index contributed by atoms with van der Waals surface area (Å²) in [5, 5.41) is 1.27. The smallest absolute Gasteiger partial charge is 0.133 e. The van der Waals surface area contributed by atoms with Crippen molar-refractivity contribution in [3.8, 4) is 23.0 Å². The first-order chi connectivity index (χ1) is 18.8. The zero-order chi connectivity index (χ0) is 25.2. The standard InChI is InChI=1S/C35H25NO2/c1-22-33(34-24-13-3-8-18-29(24)37-30-19-9-4-14-25(30)34)23-12-2-7-17-28(23)36(22)35-26-15-5-10-20-31(26)38-32-21-11-6-16-27(32)35/h2-21,34-35H,1H3. The van der Waals surface area contributed by atoms with E-state index in [9.17, 15) is 0 Å². The summed E-state index contributed by atoms with van der Waals surface area (Å²) < 4.78 is 15.3. The van der Waals surface area contributed by atoms with E-state index in [1.165, 1.54) is 44.4 Å². The molecule has 0 amide bonds. The third-order valence-electron chi connectivity index (χ3n) is 8.08. The summed E-state index contributed by atoms with van der Waals surface area (Å²) in [6.45, 7) is 2.27. The predicted octanol–water partition coefficient (Wildman–Crippen LogP) is 8.98. The Morgan fingerprint density at radius 3 is 1.47 bits per heavy atom. The highest BCUT2D eigenvalue weighted by Crippen LogP contribution is 2.52. The van der Waals surface area contributed by atoms with Crippen molar-refractivity contribution >= 4 is 10.9 Å². The molecule has 0 N–H and O–H groups in total. The van der Waals surface area contributed by atoms with Crippen molar-refractivity contribution in [3.63, 3.8) is 0 Å². The summed E-state index contributed by atoms with van der Waals surface area (Å²) in [5.41, 5.74) is 8.54. The second kappa shape index (κ2) is 8.12. The molecule has 0 saturated heterocycles. The summed E-state index contributed by atoms with van der Waals surface area (Å²) in [5.74, 6) is 3.74. The van der Waals surface area contributed by atoms with Crippen LogP contribution in [0.25, 0.3) is 10.9 Å². The van der Waals surface area contributed by atoms with E-state index in [0.29, 0.717) is 0 Å². The highest BCUT2D eigenvalue weighted by atomic mass is 16.5. The molecule has 0 saturated carbocycles. The van der Waals surface area contributed by atoms with Gasteiger partial charge in [-0.15, -0.1) is 0 Å². The largest absolute Gasteiger partial charge is 0.457 e. The zero-order valence-corrected chi connectivity index (χ0v) is 21.0. The Bertz CT molecular complexity index is 1640. The van der Waals surface area contributed by atoms with Gasteiger partial charge in [0.05, 0.1) is 6.04 Å². The minimum atomic E-state index is 0.000119. The van der Waals surface area contributed by atoms with E-state index in [-0.39, 0.29) is 12.0 Å². The number of rotatable bonds is 2. The van der Waals surface area contributed by atoms with Crippen LogP contribution in [0.1, 0.15) is 45.5 Å². The molecule has 3 heteroatoms. The molecule has 38 heavy (non-hydrogen) atoms. The molecule has 0 bridgehead atoms. The minimum Gasteiger partial charge on any atom is -0.457 e. The highest BCUT2D eigenvalue weighted by molar-refractivity contribution is 5.88. The molecular weight excluding hydrogens is 466 g/mol. The Morgan fingerprint density at radius 1 is 0.500 bits per heavy atom. The van der Waals surface area contributed by atoms with Crippen molar-refractivity contribution in [2.24, 2.45) is 0 Å². The summed E-state index contributed by atoms with van der Waals surface area (Å²) in [6.07, 6.45) is 0. The lowest BCUT2D eigenvalue weighted by atomic mass is 9.81. The number of ether oxygens (including phenoxy) is 2.